The number of fused-ring (bicyclic) bond motifs is 1. The fourth-order valence-corrected chi connectivity index (χ4v) is 5.02. The lowest BCUT2D eigenvalue weighted by atomic mass is 10.3. The van der Waals surface area contributed by atoms with Crippen LogP contribution in [0.4, 0.5) is 0 Å². The van der Waals surface area contributed by atoms with Gasteiger partial charge in [-0.2, -0.15) is 4.31 Å². The summed E-state index contributed by atoms with van der Waals surface area (Å²) in [4.78, 5) is 26.4. The van der Waals surface area contributed by atoms with Gasteiger partial charge in [0.25, 0.3) is 0 Å². The van der Waals surface area contributed by atoms with E-state index in [2.05, 4.69) is 0 Å². The predicted molar refractivity (Wildman–Crippen MR) is 95.9 cm³/mol. The molecule has 2 fully saturated rings. The molecular weight excluding hydrogens is 374 g/mol. The number of rotatable bonds is 4. The molecule has 2 aliphatic rings. The number of aromatic nitrogens is 1. The SMILES string of the molecule is O=C(Cn1c(=O)oc2cc(S(=O)(=O)N3CCCC3)ccc21)N1CCOCC1. The smallest absolute Gasteiger partial charge is 0.408 e. The standard InChI is InChI=1S/C17H21N3O6S/c21-16(18-7-9-25-10-8-18)12-20-14-4-3-13(11-15(14)26-17(20)22)27(23,24)19-5-1-2-6-19/h3-4,11H,1-2,5-10,12H2. The van der Waals surface area contributed by atoms with E-state index in [1.807, 2.05) is 0 Å². The number of oxazole rings is 1. The van der Waals surface area contributed by atoms with Crippen LogP contribution in [0, 0.1) is 0 Å². The van der Waals surface area contributed by atoms with Gasteiger partial charge in [0.2, 0.25) is 15.9 Å². The van der Waals surface area contributed by atoms with Crippen molar-refractivity contribution < 1.29 is 22.4 Å². The molecule has 0 unspecified atom stereocenters. The lowest BCUT2D eigenvalue weighted by molar-refractivity contribution is -0.135. The summed E-state index contributed by atoms with van der Waals surface area (Å²) in [7, 11) is -3.60. The fourth-order valence-electron chi connectivity index (χ4n) is 3.48. The summed E-state index contributed by atoms with van der Waals surface area (Å²) < 4.78 is 38.5. The van der Waals surface area contributed by atoms with Gasteiger partial charge in [-0.15, -0.1) is 0 Å². The van der Waals surface area contributed by atoms with Crippen LogP contribution in [0.25, 0.3) is 11.1 Å². The van der Waals surface area contributed by atoms with Gasteiger partial charge in [0.1, 0.15) is 6.54 Å². The van der Waals surface area contributed by atoms with Crippen LogP contribution in [0.3, 0.4) is 0 Å². The number of amides is 1. The van der Waals surface area contributed by atoms with Gasteiger partial charge in [0.15, 0.2) is 5.58 Å². The van der Waals surface area contributed by atoms with E-state index in [4.69, 9.17) is 9.15 Å². The summed E-state index contributed by atoms with van der Waals surface area (Å²) in [5.41, 5.74) is 0.567. The van der Waals surface area contributed by atoms with Gasteiger partial charge in [-0.25, -0.2) is 13.2 Å². The summed E-state index contributed by atoms with van der Waals surface area (Å²) in [5.74, 6) is -0.876. The molecule has 0 radical (unpaired) electrons. The van der Waals surface area contributed by atoms with E-state index in [1.165, 1.54) is 27.1 Å². The Morgan fingerprint density at radius 1 is 1.07 bits per heavy atom. The molecule has 1 amide bonds. The maximum atomic E-state index is 12.7. The van der Waals surface area contributed by atoms with Crippen LogP contribution < -0.4 is 5.76 Å². The quantitative estimate of drug-likeness (QED) is 0.735. The van der Waals surface area contributed by atoms with Crippen molar-refractivity contribution >= 4 is 27.0 Å². The molecule has 2 saturated heterocycles. The molecule has 0 saturated carbocycles. The normalized spacial score (nSPS) is 19.0. The minimum absolute atomic E-state index is 0.0947. The molecule has 2 aliphatic heterocycles. The zero-order chi connectivity index (χ0) is 19.0. The topological polar surface area (TPSA) is 102 Å². The van der Waals surface area contributed by atoms with Crippen LogP contribution in [0.2, 0.25) is 0 Å². The number of sulfonamides is 1. The molecule has 146 valence electrons. The lowest BCUT2D eigenvalue weighted by Gasteiger charge is -2.26. The van der Waals surface area contributed by atoms with E-state index in [9.17, 15) is 18.0 Å². The molecule has 0 aliphatic carbocycles. The highest BCUT2D eigenvalue weighted by molar-refractivity contribution is 7.89. The van der Waals surface area contributed by atoms with E-state index in [0.29, 0.717) is 44.9 Å². The van der Waals surface area contributed by atoms with E-state index >= 15 is 0 Å². The largest absolute Gasteiger partial charge is 0.420 e. The summed E-state index contributed by atoms with van der Waals surface area (Å²) >= 11 is 0. The van der Waals surface area contributed by atoms with Gasteiger partial charge in [-0.05, 0) is 25.0 Å². The molecular formula is C17H21N3O6S. The first-order valence-electron chi connectivity index (χ1n) is 8.96. The third-order valence-corrected chi connectivity index (χ3v) is 6.89. The Morgan fingerprint density at radius 3 is 2.48 bits per heavy atom. The summed E-state index contributed by atoms with van der Waals surface area (Å²) in [6, 6.07) is 4.34. The Labute approximate surface area is 156 Å². The van der Waals surface area contributed by atoms with Crippen molar-refractivity contribution in [1.82, 2.24) is 13.8 Å². The van der Waals surface area contributed by atoms with E-state index < -0.39 is 15.8 Å². The molecule has 10 heteroatoms. The number of carbonyl (C=O) groups excluding carboxylic acids is 1. The highest BCUT2D eigenvalue weighted by Crippen LogP contribution is 2.24. The second kappa shape index (κ2) is 7.10. The Kier molecular flexibility index (Phi) is 4.79. The van der Waals surface area contributed by atoms with E-state index in [-0.39, 0.29) is 22.9 Å². The first kappa shape index (κ1) is 18.2. The number of ether oxygens (including phenoxy) is 1. The number of benzene rings is 1. The molecule has 0 spiro atoms. The zero-order valence-corrected chi connectivity index (χ0v) is 15.6. The van der Waals surface area contributed by atoms with Gasteiger partial charge in [-0.3, -0.25) is 9.36 Å². The van der Waals surface area contributed by atoms with Gasteiger partial charge < -0.3 is 14.1 Å². The molecule has 3 heterocycles. The van der Waals surface area contributed by atoms with Gasteiger partial charge >= 0.3 is 5.76 Å². The number of nitrogens with zero attached hydrogens (tertiary/aromatic N) is 3. The first-order chi connectivity index (χ1) is 13.0. The fraction of sp³-hybridized carbons (Fsp3) is 0.529. The van der Waals surface area contributed by atoms with Crippen LogP contribution in [-0.4, -0.2) is 67.5 Å². The third kappa shape index (κ3) is 3.40. The van der Waals surface area contributed by atoms with Crippen LogP contribution in [0.5, 0.6) is 0 Å². The van der Waals surface area contributed by atoms with Crippen molar-refractivity contribution in [3.8, 4) is 0 Å². The summed E-state index contributed by atoms with van der Waals surface area (Å²) in [6.45, 7) is 2.78. The average molecular weight is 395 g/mol. The Balaban J connectivity index is 1.63. The van der Waals surface area contributed by atoms with Crippen molar-refractivity contribution in [3.05, 3.63) is 28.7 Å². The Morgan fingerprint density at radius 2 is 1.78 bits per heavy atom. The highest BCUT2D eigenvalue weighted by Gasteiger charge is 2.28. The molecule has 0 atom stereocenters. The van der Waals surface area contributed by atoms with Crippen molar-refractivity contribution in [2.75, 3.05) is 39.4 Å². The van der Waals surface area contributed by atoms with Crippen molar-refractivity contribution in [1.29, 1.82) is 0 Å². The monoisotopic (exact) mass is 395 g/mol. The molecule has 1 aromatic carbocycles. The first-order valence-corrected chi connectivity index (χ1v) is 10.4. The van der Waals surface area contributed by atoms with Gasteiger partial charge in [0.05, 0.1) is 23.6 Å². The van der Waals surface area contributed by atoms with Crippen molar-refractivity contribution in [2.45, 2.75) is 24.3 Å². The third-order valence-electron chi connectivity index (χ3n) is 5.00. The zero-order valence-electron chi connectivity index (χ0n) is 14.8. The molecule has 4 rings (SSSR count). The van der Waals surface area contributed by atoms with Crippen LogP contribution in [0.15, 0.2) is 32.3 Å². The van der Waals surface area contributed by atoms with Crippen LogP contribution >= 0.6 is 0 Å². The summed E-state index contributed by atoms with van der Waals surface area (Å²) in [5, 5.41) is 0. The Bertz CT molecular complexity index is 1010. The molecule has 1 aromatic heterocycles. The van der Waals surface area contributed by atoms with E-state index in [1.54, 1.807) is 4.90 Å². The van der Waals surface area contributed by atoms with Crippen molar-refractivity contribution in [3.63, 3.8) is 0 Å². The maximum absolute atomic E-state index is 12.7. The van der Waals surface area contributed by atoms with Gasteiger partial charge in [-0.1, -0.05) is 0 Å². The van der Waals surface area contributed by atoms with Crippen molar-refractivity contribution in [2.24, 2.45) is 0 Å². The molecule has 2 aromatic rings. The molecule has 0 bridgehead atoms. The predicted octanol–water partition coefficient (Wildman–Crippen LogP) is 0.238. The minimum Gasteiger partial charge on any atom is -0.408 e. The summed E-state index contributed by atoms with van der Waals surface area (Å²) in [6.07, 6.45) is 1.69. The molecule has 0 N–H and O–H groups in total. The van der Waals surface area contributed by atoms with E-state index in [0.717, 1.165) is 12.8 Å². The van der Waals surface area contributed by atoms with Crippen LogP contribution in [-0.2, 0) is 26.1 Å². The molecule has 27 heavy (non-hydrogen) atoms. The number of morpholine rings is 1. The van der Waals surface area contributed by atoms with Gasteiger partial charge in [0, 0.05) is 32.2 Å². The number of hydrogen-bond acceptors (Lipinski definition) is 6. The average Bonchev–Trinajstić information content (AvgIpc) is 3.31. The minimum atomic E-state index is -3.60. The number of carbonyl (C=O) groups is 1. The second-order valence-corrected chi connectivity index (χ2v) is 8.63. The second-order valence-electron chi connectivity index (χ2n) is 6.69. The highest BCUT2D eigenvalue weighted by atomic mass is 32.2. The van der Waals surface area contributed by atoms with Crippen LogP contribution in [0.1, 0.15) is 12.8 Å². The lowest BCUT2D eigenvalue weighted by Crippen LogP contribution is -2.43. The Hall–Kier alpha value is -2.17. The number of hydrogen-bond donors (Lipinski definition) is 0. The molecule has 9 nitrogen and oxygen atoms in total. The maximum Gasteiger partial charge on any atom is 0.420 e.